The van der Waals surface area contributed by atoms with Crippen molar-refractivity contribution in [2.24, 2.45) is 0 Å². The van der Waals surface area contributed by atoms with Gasteiger partial charge in [-0.1, -0.05) is 18.2 Å². The number of nitrogens with zero attached hydrogens (tertiary/aromatic N) is 2. The van der Waals surface area contributed by atoms with Crippen LogP contribution < -0.4 is 14.8 Å². The Hall–Kier alpha value is -2.78. The molecule has 0 atom stereocenters. The van der Waals surface area contributed by atoms with Gasteiger partial charge in [-0.3, -0.25) is 14.6 Å². The molecule has 1 aliphatic heterocycles. The van der Waals surface area contributed by atoms with Crippen LogP contribution in [0.25, 0.3) is 0 Å². The maximum absolute atomic E-state index is 12.9. The minimum Gasteiger partial charge on any atom is -0.497 e. The largest absolute Gasteiger partial charge is 0.497 e. The fourth-order valence-corrected chi connectivity index (χ4v) is 3.50. The molecule has 0 spiro atoms. The summed E-state index contributed by atoms with van der Waals surface area (Å²) < 4.78 is 49.1. The number of carbonyl (C=O) groups is 1. The van der Waals surface area contributed by atoms with Crippen LogP contribution in [0.2, 0.25) is 0 Å². The van der Waals surface area contributed by atoms with E-state index in [0.717, 1.165) is 6.07 Å². The van der Waals surface area contributed by atoms with Gasteiger partial charge < -0.3 is 14.8 Å². The number of piperazine rings is 1. The highest BCUT2D eigenvalue weighted by Gasteiger charge is 2.30. The number of ether oxygens (including phenoxy) is 2. The highest BCUT2D eigenvalue weighted by Crippen LogP contribution is 2.30. The van der Waals surface area contributed by atoms with Gasteiger partial charge in [0.15, 0.2) is 0 Å². The molecular formula is C22H26F3N3O3. The van der Waals surface area contributed by atoms with Crippen LogP contribution in [0.5, 0.6) is 11.5 Å². The predicted octanol–water partition coefficient (Wildman–Crippen LogP) is 3.48. The molecule has 1 amide bonds. The van der Waals surface area contributed by atoms with Crippen molar-refractivity contribution in [3.8, 4) is 11.5 Å². The number of hydrogen-bond donors (Lipinski definition) is 1. The van der Waals surface area contributed by atoms with Crippen LogP contribution in [0.4, 0.5) is 18.9 Å². The number of benzene rings is 2. The van der Waals surface area contributed by atoms with E-state index >= 15 is 0 Å². The molecule has 0 saturated carbocycles. The number of hydrogen-bond acceptors (Lipinski definition) is 5. The second-order valence-corrected chi connectivity index (χ2v) is 7.36. The lowest BCUT2D eigenvalue weighted by Crippen LogP contribution is -2.48. The fourth-order valence-electron chi connectivity index (χ4n) is 3.50. The number of anilines is 1. The van der Waals surface area contributed by atoms with E-state index in [1.165, 1.54) is 19.2 Å². The molecule has 0 bridgehead atoms. The molecule has 31 heavy (non-hydrogen) atoms. The second kappa shape index (κ2) is 10.0. The van der Waals surface area contributed by atoms with E-state index in [0.29, 0.717) is 55.5 Å². The third kappa shape index (κ3) is 6.35. The molecule has 9 heteroatoms. The highest BCUT2D eigenvalue weighted by molar-refractivity contribution is 5.93. The number of carbonyl (C=O) groups excluding carboxylic acids is 1. The molecule has 3 rings (SSSR count). The Labute approximate surface area is 179 Å². The van der Waals surface area contributed by atoms with Crippen LogP contribution in [0.1, 0.15) is 11.1 Å². The average molecular weight is 437 g/mol. The van der Waals surface area contributed by atoms with E-state index in [1.807, 2.05) is 4.90 Å². The molecule has 168 valence electrons. The van der Waals surface area contributed by atoms with Crippen molar-refractivity contribution >= 4 is 11.6 Å². The van der Waals surface area contributed by atoms with Gasteiger partial charge in [0.2, 0.25) is 5.91 Å². The van der Waals surface area contributed by atoms with Crippen LogP contribution in [0, 0.1) is 0 Å². The van der Waals surface area contributed by atoms with Crippen molar-refractivity contribution in [1.29, 1.82) is 0 Å². The van der Waals surface area contributed by atoms with Crippen LogP contribution >= 0.6 is 0 Å². The first-order valence-corrected chi connectivity index (χ1v) is 9.91. The first kappa shape index (κ1) is 22.9. The summed E-state index contributed by atoms with van der Waals surface area (Å²) in [5.74, 6) is 0.986. The van der Waals surface area contributed by atoms with Crippen molar-refractivity contribution in [1.82, 2.24) is 9.80 Å². The van der Waals surface area contributed by atoms with Gasteiger partial charge in [-0.2, -0.15) is 13.2 Å². The molecule has 0 aliphatic carbocycles. The number of methoxy groups -OCH3 is 2. The minimum atomic E-state index is -4.34. The molecule has 1 aliphatic rings. The first-order chi connectivity index (χ1) is 14.8. The van der Waals surface area contributed by atoms with Crippen LogP contribution in [-0.4, -0.2) is 62.7 Å². The number of halogens is 3. The van der Waals surface area contributed by atoms with Gasteiger partial charge in [0.1, 0.15) is 11.5 Å². The molecule has 1 N–H and O–H groups in total. The van der Waals surface area contributed by atoms with Gasteiger partial charge >= 0.3 is 6.18 Å². The molecule has 0 aromatic heterocycles. The lowest BCUT2D eigenvalue weighted by atomic mass is 10.1. The maximum atomic E-state index is 12.9. The van der Waals surface area contributed by atoms with E-state index in [9.17, 15) is 18.0 Å². The molecule has 0 radical (unpaired) electrons. The zero-order valence-corrected chi connectivity index (χ0v) is 17.5. The maximum Gasteiger partial charge on any atom is 0.416 e. The lowest BCUT2D eigenvalue weighted by molar-refractivity contribution is -0.137. The minimum absolute atomic E-state index is 0.158. The summed E-state index contributed by atoms with van der Waals surface area (Å²) in [5, 5.41) is 2.85. The number of nitrogens with one attached hydrogen (secondary N) is 1. The summed E-state index contributed by atoms with van der Waals surface area (Å²) in [6.45, 7) is 3.35. The molecule has 1 fully saturated rings. The smallest absolute Gasteiger partial charge is 0.416 e. The lowest BCUT2D eigenvalue weighted by Gasteiger charge is -2.34. The van der Waals surface area contributed by atoms with E-state index in [1.54, 1.807) is 31.4 Å². The number of rotatable bonds is 7. The molecule has 2 aromatic rings. The SMILES string of the molecule is COc1ccc(NC(=O)CN2CCN(Cc3cccc(C(F)(F)F)c3)CC2)c(OC)c1. The summed E-state index contributed by atoms with van der Waals surface area (Å²) in [4.78, 5) is 16.6. The van der Waals surface area contributed by atoms with Crippen molar-refractivity contribution in [2.75, 3.05) is 52.3 Å². The van der Waals surface area contributed by atoms with Crippen LogP contribution in [0.15, 0.2) is 42.5 Å². The van der Waals surface area contributed by atoms with Crippen molar-refractivity contribution in [3.05, 3.63) is 53.6 Å². The number of amides is 1. The second-order valence-electron chi connectivity index (χ2n) is 7.36. The summed E-state index contributed by atoms with van der Waals surface area (Å²) in [5.41, 5.74) is 0.568. The Kier molecular flexibility index (Phi) is 7.40. The Morgan fingerprint density at radius 2 is 1.71 bits per heavy atom. The third-order valence-corrected chi connectivity index (χ3v) is 5.18. The van der Waals surface area contributed by atoms with E-state index in [2.05, 4.69) is 10.2 Å². The van der Waals surface area contributed by atoms with Crippen molar-refractivity contribution < 1.29 is 27.4 Å². The van der Waals surface area contributed by atoms with E-state index in [4.69, 9.17) is 9.47 Å². The quantitative estimate of drug-likeness (QED) is 0.719. The fraction of sp³-hybridized carbons (Fsp3) is 0.409. The summed E-state index contributed by atoms with van der Waals surface area (Å²) in [7, 11) is 3.08. The van der Waals surface area contributed by atoms with Gasteiger partial charge in [0, 0.05) is 38.8 Å². The van der Waals surface area contributed by atoms with Gasteiger partial charge in [0.25, 0.3) is 0 Å². The zero-order valence-electron chi connectivity index (χ0n) is 17.5. The van der Waals surface area contributed by atoms with Gasteiger partial charge in [-0.25, -0.2) is 0 Å². The van der Waals surface area contributed by atoms with Crippen LogP contribution in [-0.2, 0) is 17.5 Å². The van der Waals surface area contributed by atoms with Gasteiger partial charge in [0.05, 0.1) is 32.0 Å². The molecule has 1 heterocycles. The zero-order chi connectivity index (χ0) is 22.4. The van der Waals surface area contributed by atoms with E-state index in [-0.39, 0.29) is 12.5 Å². The highest BCUT2D eigenvalue weighted by atomic mass is 19.4. The molecule has 6 nitrogen and oxygen atoms in total. The van der Waals surface area contributed by atoms with Crippen molar-refractivity contribution in [3.63, 3.8) is 0 Å². The standard InChI is InChI=1S/C22H26F3N3O3/c1-30-18-6-7-19(20(13-18)31-2)26-21(29)15-28-10-8-27(9-11-28)14-16-4-3-5-17(12-16)22(23,24)25/h3-7,12-13H,8-11,14-15H2,1-2H3,(H,26,29). The topological polar surface area (TPSA) is 54.0 Å². The van der Waals surface area contributed by atoms with Gasteiger partial charge in [-0.05, 0) is 23.8 Å². The monoisotopic (exact) mass is 437 g/mol. The summed E-state index contributed by atoms with van der Waals surface area (Å²) >= 11 is 0. The Bertz CT molecular complexity index is 897. The average Bonchev–Trinajstić information content (AvgIpc) is 2.75. The van der Waals surface area contributed by atoms with E-state index < -0.39 is 11.7 Å². The molecular weight excluding hydrogens is 411 g/mol. The van der Waals surface area contributed by atoms with Crippen molar-refractivity contribution in [2.45, 2.75) is 12.7 Å². The Morgan fingerprint density at radius 3 is 2.35 bits per heavy atom. The van der Waals surface area contributed by atoms with Gasteiger partial charge in [-0.15, -0.1) is 0 Å². The first-order valence-electron chi connectivity index (χ1n) is 9.91. The van der Waals surface area contributed by atoms with Crippen LogP contribution in [0.3, 0.4) is 0 Å². The predicted molar refractivity (Wildman–Crippen MR) is 111 cm³/mol. The number of alkyl halides is 3. The normalized spacial score (nSPS) is 15.5. The summed E-state index contributed by atoms with van der Waals surface area (Å²) in [6.07, 6.45) is -4.34. The Morgan fingerprint density at radius 1 is 1.00 bits per heavy atom. The molecule has 1 saturated heterocycles. The Balaban J connectivity index is 1.49. The molecule has 2 aromatic carbocycles. The summed E-state index contributed by atoms with van der Waals surface area (Å²) in [6, 6.07) is 10.6. The third-order valence-electron chi connectivity index (χ3n) is 5.18. The molecule has 0 unspecified atom stereocenters.